The number of anilines is 1. The van der Waals surface area contributed by atoms with E-state index in [0.717, 1.165) is 0 Å². The van der Waals surface area contributed by atoms with Gasteiger partial charge in [-0.05, 0) is 35.9 Å². The van der Waals surface area contributed by atoms with Crippen LogP contribution in [0, 0.1) is 0 Å². The van der Waals surface area contributed by atoms with Crippen molar-refractivity contribution in [2.24, 2.45) is 0 Å². The third-order valence-electron chi connectivity index (χ3n) is 2.76. The number of hydrogen-bond donors (Lipinski definition) is 5. The normalized spacial score (nSPS) is 10.2. The fourth-order valence-electron chi connectivity index (χ4n) is 1.70. The topological polar surface area (TPSA) is 110 Å². The summed E-state index contributed by atoms with van der Waals surface area (Å²) in [6.07, 6.45) is 0. The molecule has 0 bridgehead atoms. The number of phenolic OH excluding ortho intramolecular Hbond substituents is 2. The maximum atomic E-state index is 10.9. The third kappa shape index (κ3) is 2.92. The van der Waals surface area contributed by atoms with Gasteiger partial charge in [0.15, 0.2) is 11.5 Å². The first-order chi connectivity index (χ1) is 9.47. The van der Waals surface area contributed by atoms with Crippen LogP contribution in [-0.2, 0) is 6.54 Å². The molecule has 2 aromatic rings. The number of hydrogen-bond acceptors (Lipinski definition) is 5. The Labute approximate surface area is 114 Å². The maximum Gasteiger partial charge on any atom is 0.339 e. The van der Waals surface area contributed by atoms with Crippen molar-refractivity contribution >= 4 is 11.7 Å². The van der Waals surface area contributed by atoms with E-state index >= 15 is 0 Å². The van der Waals surface area contributed by atoms with Gasteiger partial charge in [-0.15, -0.1) is 0 Å². The Morgan fingerprint density at radius 2 is 1.65 bits per heavy atom. The second kappa shape index (κ2) is 5.40. The molecule has 0 aliphatic heterocycles. The van der Waals surface area contributed by atoms with Gasteiger partial charge in [0.1, 0.15) is 11.3 Å². The molecule has 0 saturated carbocycles. The number of carbonyl (C=O) groups is 1. The minimum absolute atomic E-state index is 0.191. The number of aromatic carboxylic acids is 1. The number of phenols is 3. The highest BCUT2D eigenvalue weighted by molar-refractivity contribution is 5.92. The van der Waals surface area contributed by atoms with Crippen molar-refractivity contribution in [3.05, 3.63) is 47.5 Å². The molecule has 0 radical (unpaired) electrons. The summed E-state index contributed by atoms with van der Waals surface area (Å²) in [5.74, 6) is -1.94. The SMILES string of the molecule is O=C(O)c1cc(NCc2ccc(O)c(O)c2)ccc1O. The van der Waals surface area contributed by atoms with Crippen molar-refractivity contribution < 1.29 is 25.2 Å². The fraction of sp³-hybridized carbons (Fsp3) is 0.0714. The molecule has 0 saturated heterocycles. The smallest absolute Gasteiger partial charge is 0.339 e. The number of aromatic hydroxyl groups is 3. The van der Waals surface area contributed by atoms with Gasteiger partial charge in [0, 0.05) is 12.2 Å². The Bertz CT molecular complexity index is 654. The quantitative estimate of drug-likeness (QED) is 0.432. The van der Waals surface area contributed by atoms with E-state index in [1.54, 1.807) is 12.1 Å². The molecular weight excluding hydrogens is 262 g/mol. The van der Waals surface area contributed by atoms with Crippen LogP contribution in [0.25, 0.3) is 0 Å². The zero-order valence-electron chi connectivity index (χ0n) is 10.4. The molecule has 104 valence electrons. The highest BCUT2D eigenvalue weighted by atomic mass is 16.4. The third-order valence-corrected chi connectivity index (χ3v) is 2.76. The van der Waals surface area contributed by atoms with E-state index in [1.807, 2.05) is 0 Å². The summed E-state index contributed by atoms with van der Waals surface area (Å²) in [6.45, 7) is 0.331. The second-order valence-electron chi connectivity index (χ2n) is 4.21. The predicted molar refractivity (Wildman–Crippen MR) is 72.2 cm³/mol. The largest absolute Gasteiger partial charge is 0.507 e. The van der Waals surface area contributed by atoms with Gasteiger partial charge in [0.05, 0.1) is 0 Å². The minimum Gasteiger partial charge on any atom is -0.507 e. The lowest BCUT2D eigenvalue weighted by atomic mass is 10.1. The summed E-state index contributed by atoms with van der Waals surface area (Å²) in [5, 5.41) is 39.8. The molecule has 6 heteroatoms. The molecule has 20 heavy (non-hydrogen) atoms. The van der Waals surface area contributed by atoms with Crippen LogP contribution >= 0.6 is 0 Å². The van der Waals surface area contributed by atoms with Crippen LogP contribution in [0.15, 0.2) is 36.4 Å². The predicted octanol–water partition coefficient (Wildman–Crippen LogP) is 2.11. The van der Waals surface area contributed by atoms with Crippen LogP contribution in [0.5, 0.6) is 17.2 Å². The van der Waals surface area contributed by atoms with E-state index in [1.165, 1.54) is 24.3 Å². The lowest BCUT2D eigenvalue weighted by Crippen LogP contribution is -2.02. The molecule has 0 amide bonds. The summed E-state index contributed by atoms with van der Waals surface area (Å²) < 4.78 is 0. The average molecular weight is 275 g/mol. The summed E-state index contributed by atoms with van der Waals surface area (Å²) in [4.78, 5) is 10.9. The standard InChI is InChI=1S/C14H13NO5/c16-11-4-2-9(6-10(11)14(19)20)15-7-8-1-3-12(17)13(18)5-8/h1-6,15-18H,7H2,(H,19,20). The molecule has 0 atom stereocenters. The van der Waals surface area contributed by atoms with E-state index in [0.29, 0.717) is 17.8 Å². The van der Waals surface area contributed by atoms with Crippen molar-refractivity contribution in [1.29, 1.82) is 0 Å². The first kappa shape index (κ1) is 13.5. The molecule has 0 heterocycles. The van der Waals surface area contributed by atoms with Crippen molar-refractivity contribution in [2.45, 2.75) is 6.54 Å². The summed E-state index contributed by atoms with van der Waals surface area (Å²) >= 11 is 0. The zero-order chi connectivity index (χ0) is 14.7. The number of rotatable bonds is 4. The lowest BCUT2D eigenvalue weighted by Gasteiger charge is -2.09. The van der Waals surface area contributed by atoms with E-state index < -0.39 is 5.97 Å². The minimum atomic E-state index is -1.21. The van der Waals surface area contributed by atoms with Crippen LogP contribution in [0.4, 0.5) is 5.69 Å². The Hall–Kier alpha value is -2.89. The Morgan fingerprint density at radius 1 is 0.950 bits per heavy atom. The van der Waals surface area contributed by atoms with E-state index in [9.17, 15) is 20.1 Å². The van der Waals surface area contributed by atoms with Crippen molar-refractivity contribution in [3.8, 4) is 17.2 Å². The van der Waals surface area contributed by atoms with E-state index in [-0.39, 0.29) is 22.8 Å². The number of carboxylic acids is 1. The van der Waals surface area contributed by atoms with E-state index in [2.05, 4.69) is 5.32 Å². The van der Waals surface area contributed by atoms with Crippen LogP contribution in [0.1, 0.15) is 15.9 Å². The molecule has 5 N–H and O–H groups in total. The molecule has 0 spiro atoms. The molecule has 0 aromatic heterocycles. The van der Waals surface area contributed by atoms with Gasteiger partial charge in [-0.1, -0.05) is 6.07 Å². The van der Waals surface area contributed by atoms with Gasteiger partial charge in [-0.25, -0.2) is 4.79 Å². The number of nitrogens with one attached hydrogen (secondary N) is 1. The maximum absolute atomic E-state index is 10.9. The van der Waals surface area contributed by atoms with Crippen molar-refractivity contribution in [1.82, 2.24) is 0 Å². The van der Waals surface area contributed by atoms with Crippen molar-refractivity contribution in [3.63, 3.8) is 0 Å². The van der Waals surface area contributed by atoms with Gasteiger partial charge in [-0.3, -0.25) is 0 Å². The molecule has 0 aliphatic rings. The first-order valence-corrected chi connectivity index (χ1v) is 5.78. The molecule has 2 rings (SSSR count). The molecular formula is C14H13NO5. The molecule has 6 nitrogen and oxygen atoms in total. The van der Waals surface area contributed by atoms with Crippen LogP contribution in [-0.4, -0.2) is 26.4 Å². The summed E-state index contributed by atoms with van der Waals surface area (Å²) in [7, 11) is 0. The van der Waals surface area contributed by atoms with Gasteiger partial charge in [-0.2, -0.15) is 0 Å². The van der Waals surface area contributed by atoms with Gasteiger partial charge in [0.2, 0.25) is 0 Å². The van der Waals surface area contributed by atoms with Gasteiger partial charge >= 0.3 is 5.97 Å². The van der Waals surface area contributed by atoms with Crippen molar-refractivity contribution in [2.75, 3.05) is 5.32 Å². The van der Waals surface area contributed by atoms with Crippen LogP contribution in [0.3, 0.4) is 0 Å². The average Bonchev–Trinajstić information content (AvgIpc) is 2.41. The lowest BCUT2D eigenvalue weighted by molar-refractivity contribution is 0.0694. The molecule has 0 aliphatic carbocycles. The van der Waals surface area contributed by atoms with Gasteiger partial charge in [0.25, 0.3) is 0 Å². The number of benzene rings is 2. The monoisotopic (exact) mass is 275 g/mol. The van der Waals surface area contributed by atoms with Crippen LogP contribution in [0.2, 0.25) is 0 Å². The molecule has 2 aromatic carbocycles. The fourth-order valence-corrected chi connectivity index (χ4v) is 1.70. The summed E-state index contributed by atoms with van der Waals surface area (Å²) in [6, 6.07) is 8.55. The second-order valence-corrected chi connectivity index (χ2v) is 4.21. The Balaban J connectivity index is 2.12. The Kier molecular flexibility index (Phi) is 3.65. The van der Waals surface area contributed by atoms with Crippen LogP contribution < -0.4 is 5.32 Å². The van der Waals surface area contributed by atoms with E-state index in [4.69, 9.17) is 5.11 Å². The first-order valence-electron chi connectivity index (χ1n) is 5.78. The Morgan fingerprint density at radius 3 is 2.30 bits per heavy atom. The molecule has 0 unspecified atom stereocenters. The zero-order valence-corrected chi connectivity index (χ0v) is 10.4. The highest BCUT2D eigenvalue weighted by Crippen LogP contribution is 2.26. The highest BCUT2D eigenvalue weighted by Gasteiger charge is 2.10. The summed E-state index contributed by atoms with van der Waals surface area (Å²) in [5.41, 5.74) is 1.04. The van der Waals surface area contributed by atoms with Gasteiger partial charge < -0.3 is 25.7 Å². The molecule has 0 fully saturated rings. The number of carboxylic acid groups (broad SMARTS) is 1.